The maximum Gasteiger partial charge on any atom is 0.217 e. The van der Waals surface area contributed by atoms with E-state index in [2.05, 4.69) is 5.32 Å². The normalized spacial score (nSPS) is 51.0. The Hall–Kier alpha value is -1.29. The fraction of sp³-hybridized carbons (Fsp3) is 0.962. The van der Waals surface area contributed by atoms with Gasteiger partial charge in [-0.3, -0.25) is 4.79 Å². The molecule has 0 bridgehead atoms. The summed E-state index contributed by atoms with van der Waals surface area (Å²) >= 11 is 0. The highest BCUT2D eigenvalue weighted by Gasteiger charge is 2.55. The zero-order chi connectivity index (χ0) is 34.9. The van der Waals surface area contributed by atoms with E-state index in [1.54, 1.807) is 0 Å². The standard InChI is InChI=1S/C26H45NO20/c1-6-12(32)16(36)18(38)24(41-6)47-22-17(37)13(33)8(3-28)44-26(22)46-21-15(35)10(5-30)43-25(19(21)39)45-20-11(27-7(2)31)23(40)42-9(4-29)14(20)34/h6,8-26,28-30,32-40H,3-5H2,1-2H3,(H,27,31)/t6-,8+,9+,10+,11+,12+,13-,14-,15-,16+,17-,18-,19+,20+,21-,22+,23+,24-,25-,26+/m0/s1. The molecule has 4 fully saturated rings. The number of amides is 1. The van der Waals surface area contributed by atoms with Crippen LogP contribution in [0.25, 0.3) is 0 Å². The lowest BCUT2D eigenvalue weighted by molar-refractivity contribution is -0.392. The Labute approximate surface area is 267 Å². The highest BCUT2D eigenvalue weighted by Crippen LogP contribution is 2.34. The van der Waals surface area contributed by atoms with Gasteiger partial charge in [-0.2, -0.15) is 0 Å². The zero-order valence-corrected chi connectivity index (χ0v) is 25.3. The predicted molar refractivity (Wildman–Crippen MR) is 144 cm³/mol. The average Bonchev–Trinajstić information content (AvgIpc) is 3.03. The summed E-state index contributed by atoms with van der Waals surface area (Å²) in [5.74, 6) is -0.681. The van der Waals surface area contributed by atoms with Gasteiger partial charge in [-0.1, -0.05) is 0 Å². The molecule has 4 heterocycles. The number of ether oxygens (including phenoxy) is 7. The topological polar surface area (TPSA) is 336 Å². The molecule has 20 atom stereocenters. The van der Waals surface area contributed by atoms with Crippen molar-refractivity contribution in [2.24, 2.45) is 0 Å². The molecule has 4 saturated heterocycles. The number of rotatable bonds is 10. The highest BCUT2D eigenvalue weighted by molar-refractivity contribution is 5.73. The van der Waals surface area contributed by atoms with Crippen LogP contribution in [0.4, 0.5) is 0 Å². The number of hydrogen-bond acceptors (Lipinski definition) is 20. The molecule has 0 spiro atoms. The molecule has 1 amide bonds. The lowest BCUT2D eigenvalue weighted by atomic mass is 9.95. The molecule has 21 heteroatoms. The summed E-state index contributed by atoms with van der Waals surface area (Å²) in [5, 5.41) is 127. The van der Waals surface area contributed by atoms with Gasteiger partial charge in [0.05, 0.1) is 25.9 Å². The number of hydrogen-bond donors (Lipinski definition) is 13. The van der Waals surface area contributed by atoms with E-state index in [4.69, 9.17) is 33.2 Å². The summed E-state index contributed by atoms with van der Waals surface area (Å²) in [4.78, 5) is 11.8. The van der Waals surface area contributed by atoms with Crippen LogP contribution in [0.2, 0.25) is 0 Å². The van der Waals surface area contributed by atoms with Crippen LogP contribution in [0.15, 0.2) is 0 Å². The number of carbonyl (C=O) groups excluding carboxylic acids is 1. The van der Waals surface area contributed by atoms with E-state index in [1.165, 1.54) is 6.92 Å². The predicted octanol–water partition coefficient (Wildman–Crippen LogP) is -8.58. The molecule has 13 N–H and O–H groups in total. The van der Waals surface area contributed by atoms with E-state index in [1.807, 2.05) is 0 Å². The molecule has 0 radical (unpaired) electrons. The lowest BCUT2D eigenvalue weighted by Crippen LogP contribution is -2.69. The van der Waals surface area contributed by atoms with Gasteiger partial charge in [0.15, 0.2) is 25.2 Å². The summed E-state index contributed by atoms with van der Waals surface area (Å²) in [6, 6.07) is -1.47. The van der Waals surface area contributed by atoms with Gasteiger partial charge in [-0.15, -0.1) is 0 Å². The van der Waals surface area contributed by atoms with Crippen LogP contribution in [0.3, 0.4) is 0 Å². The van der Waals surface area contributed by atoms with E-state index in [0.29, 0.717) is 0 Å². The van der Waals surface area contributed by atoms with Crippen molar-refractivity contribution in [1.29, 1.82) is 0 Å². The molecule has 4 rings (SSSR count). The molecule has 4 aliphatic heterocycles. The van der Waals surface area contributed by atoms with Crippen LogP contribution in [0.1, 0.15) is 13.8 Å². The SMILES string of the molecule is CC(=O)N[C@@H]1[C@@H](O[C@@H]2O[C@H](CO)[C@H](O)[C@H](O[C@H]3O[C@H](CO)[C@H](O)[C@H](O)[C@H]3O[C@@H]3O[C@@H](C)[C@@H](O)[C@@H](O)[C@@H]3O)[C@H]2O)[C@@H](O)[C@@H](CO)O[C@H]1O. The van der Waals surface area contributed by atoms with Gasteiger partial charge in [-0.25, -0.2) is 0 Å². The molecule has 0 aliphatic carbocycles. The fourth-order valence-corrected chi connectivity index (χ4v) is 5.86. The summed E-state index contributed by atoms with van der Waals surface area (Å²) in [6.07, 6.45) is -32.7. The van der Waals surface area contributed by atoms with E-state index in [9.17, 15) is 66.1 Å². The molecule has 274 valence electrons. The van der Waals surface area contributed by atoms with Gasteiger partial charge in [0.2, 0.25) is 5.91 Å². The quantitative estimate of drug-likeness (QED) is 0.101. The van der Waals surface area contributed by atoms with Gasteiger partial charge in [-0.05, 0) is 6.92 Å². The first kappa shape index (κ1) is 38.5. The largest absolute Gasteiger partial charge is 0.394 e. The van der Waals surface area contributed by atoms with Crippen molar-refractivity contribution >= 4 is 5.91 Å². The number of nitrogens with one attached hydrogen (secondary N) is 1. The van der Waals surface area contributed by atoms with Crippen LogP contribution >= 0.6 is 0 Å². The summed E-state index contributed by atoms with van der Waals surface area (Å²) in [6.45, 7) is -0.104. The Morgan fingerprint density at radius 2 is 1.04 bits per heavy atom. The lowest BCUT2D eigenvalue weighted by Gasteiger charge is -2.49. The van der Waals surface area contributed by atoms with Gasteiger partial charge in [0, 0.05) is 6.92 Å². The highest BCUT2D eigenvalue weighted by atomic mass is 16.8. The van der Waals surface area contributed by atoms with Crippen molar-refractivity contribution in [2.75, 3.05) is 19.8 Å². The van der Waals surface area contributed by atoms with E-state index < -0.39 is 148 Å². The Morgan fingerprint density at radius 3 is 1.64 bits per heavy atom. The average molecular weight is 692 g/mol. The third-order valence-electron chi connectivity index (χ3n) is 8.57. The Bertz CT molecular complexity index is 1010. The minimum absolute atomic E-state index is 0.681. The third kappa shape index (κ3) is 8.04. The van der Waals surface area contributed by atoms with E-state index in [0.717, 1.165) is 6.92 Å². The van der Waals surface area contributed by atoms with Gasteiger partial charge >= 0.3 is 0 Å². The molecule has 0 saturated carbocycles. The van der Waals surface area contributed by atoms with E-state index in [-0.39, 0.29) is 0 Å². The molecular weight excluding hydrogens is 646 g/mol. The minimum atomic E-state index is -2.04. The summed E-state index contributed by atoms with van der Waals surface area (Å²) in [7, 11) is 0. The first-order chi connectivity index (χ1) is 22.1. The number of aliphatic hydroxyl groups excluding tert-OH is 12. The zero-order valence-electron chi connectivity index (χ0n) is 25.3. The van der Waals surface area contributed by atoms with Crippen molar-refractivity contribution in [3.63, 3.8) is 0 Å². The van der Waals surface area contributed by atoms with Crippen molar-refractivity contribution in [3.05, 3.63) is 0 Å². The molecule has 4 aliphatic rings. The third-order valence-corrected chi connectivity index (χ3v) is 8.57. The first-order valence-electron chi connectivity index (χ1n) is 15.0. The van der Waals surface area contributed by atoms with Crippen LogP contribution in [-0.2, 0) is 38.0 Å². The second-order valence-corrected chi connectivity index (χ2v) is 11.9. The maximum atomic E-state index is 11.8. The first-order valence-corrected chi connectivity index (χ1v) is 15.0. The molecule has 47 heavy (non-hydrogen) atoms. The molecular formula is C26H45NO20. The Morgan fingerprint density at radius 1 is 0.553 bits per heavy atom. The minimum Gasteiger partial charge on any atom is -0.394 e. The van der Waals surface area contributed by atoms with Crippen molar-refractivity contribution < 1.29 is 99.2 Å². The summed E-state index contributed by atoms with van der Waals surface area (Å²) < 4.78 is 38.8. The van der Waals surface area contributed by atoms with Crippen LogP contribution < -0.4 is 5.32 Å². The Balaban J connectivity index is 1.60. The molecule has 21 nitrogen and oxygen atoms in total. The molecule has 0 unspecified atom stereocenters. The molecule has 0 aromatic heterocycles. The monoisotopic (exact) mass is 691 g/mol. The maximum absolute atomic E-state index is 11.8. The fourth-order valence-electron chi connectivity index (χ4n) is 5.86. The van der Waals surface area contributed by atoms with Gasteiger partial charge in [0.1, 0.15) is 91.5 Å². The van der Waals surface area contributed by atoms with Gasteiger partial charge < -0.3 is 99.8 Å². The second-order valence-electron chi connectivity index (χ2n) is 11.9. The van der Waals surface area contributed by atoms with Crippen molar-refractivity contribution in [3.8, 4) is 0 Å². The van der Waals surface area contributed by atoms with Gasteiger partial charge in [0.25, 0.3) is 0 Å². The number of carbonyl (C=O) groups is 1. The number of aliphatic hydroxyl groups is 12. The molecule has 0 aromatic carbocycles. The van der Waals surface area contributed by atoms with E-state index >= 15 is 0 Å². The van der Waals surface area contributed by atoms with Crippen LogP contribution in [0, 0.1) is 0 Å². The van der Waals surface area contributed by atoms with Crippen LogP contribution in [0.5, 0.6) is 0 Å². The summed E-state index contributed by atoms with van der Waals surface area (Å²) in [5.41, 5.74) is 0. The molecule has 0 aromatic rings. The van der Waals surface area contributed by atoms with Crippen LogP contribution in [-0.4, -0.2) is 210 Å². The Kier molecular flexibility index (Phi) is 13.2. The smallest absolute Gasteiger partial charge is 0.217 e. The van der Waals surface area contributed by atoms with Crippen molar-refractivity contribution in [1.82, 2.24) is 5.32 Å². The second kappa shape index (κ2) is 16.2. The van der Waals surface area contributed by atoms with Crippen molar-refractivity contribution in [2.45, 2.75) is 137 Å².